The number of carbonyl (C=O) groups excluding carboxylic acids is 2. The molecule has 0 saturated heterocycles. The predicted molar refractivity (Wildman–Crippen MR) is 158 cm³/mol. The molecule has 0 bridgehead atoms. The molecule has 0 spiro atoms. The van der Waals surface area contributed by atoms with Crippen molar-refractivity contribution in [1.82, 2.24) is 10.2 Å². The minimum atomic E-state index is -3.89. The van der Waals surface area contributed by atoms with Crippen LogP contribution in [-0.2, 0) is 32.6 Å². The smallest absolute Gasteiger partial charge is 0.244 e. The van der Waals surface area contributed by atoms with Gasteiger partial charge in [0, 0.05) is 34.6 Å². The molecule has 0 unspecified atom stereocenters. The number of nitrogens with zero attached hydrogens (tertiary/aromatic N) is 2. The van der Waals surface area contributed by atoms with Gasteiger partial charge in [-0.25, -0.2) is 8.42 Å². The zero-order valence-electron chi connectivity index (χ0n) is 21.8. The van der Waals surface area contributed by atoms with Gasteiger partial charge in [0.15, 0.2) is 0 Å². The van der Waals surface area contributed by atoms with Gasteiger partial charge in [0.25, 0.3) is 0 Å². The van der Waals surface area contributed by atoms with E-state index in [4.69, 9.17) is 34.8 Å². The summed E-state index contributed by atoms with van der Waals surface area (Å²) in [6.45, 7) is 3.33. The van der Waals surface area contributed by atoms with Gasteiger partial charge in [-0.15, -0.1) is 0 Å². The van der Waals surface area contributed by atoms with Crippen LogP contribution in [-0.4, -0.2) is 50.5 Å². The third-order valence-electron chi connectivity index (χ3n) is 6.10. The van der Waals surface area contributed by atoms with Crippen LogP contribution in [0.1, 0.15) is 23.6 Å². The fraction of sp³-hybridized carbons (Fsp3) is 0.286. The number of rotatable bonds is 11. The van der Waals surface area contributed by atoms with Gasteiger partial charge in [-0.05, 0) is 54.8 Å². The first-order valence-corrected chi connectivity index (χ1v) is 15.2. The number of amides is 2. The molecule has 7 nitrogen and oxygen atoms in total. The van der Waals surface area contributed by atoms with E-state index in [0.29, 0.717) is 27.2 Å². The molecule has 3 rings (SSSR count). The highest BCUT2D eigenvalue weighted by molar-refractivity contribution is 7.92. The topological polar surface area (TPSA) is 86.8 Å². The largest absolute Gasteiger partial charge is 0.355 e. The summed E-state index contributed by atoms with van der Waals surface area (Å²) >= 11 is 18.8. The molecule has 0 aliphatic heterocycles. The molecular formula is C28H30Cl3N3O4S. The number of carbonyl (C=O) groups is 2. The number of hydrogen-bond acceptors (Lipinski definition) is 4. The van der Waals surface area contributed by atoms with Gasteiger partial charge in [-0.1, -0.05) is 77.3 Å². The van der Waals surface area contributed by atoms with Crippen molar-refractivity contribution in [3.63, 3.8) is 0 Å². The molecule has 1 N–H and O–H groups in total. The Morgan fingerprint density at radius 2 is 1.64 bits per heavy atom. The Bertz CT molecular complexity index is 1440. The van der Waals surface area contributed by atoms with Gasteiger partial charge < -0.3 is 10.2 Å². The van der Waals surface area contributed by atoms with Crippen LogP contribution in [0.2, 0.25) is 15.1 Å². The summed E-state index contributed by atoms with van der Waals surface area (Å²) in [7, 11) is -3.89. The number of hydrogen-bond donors (Lipinski definition) is 1. The summed E-state index contributed by atoms with van der Waals surface area (Å²) in [6.07, 6.45) is 1.22. The number of anilines is 1. The monoisotopic (exact) mass is 609 g/mol. The molecule has 0 fully saturated rings. The van der Waals surface area contributed by atoms with E-state index in [9.17, 15) is 18.0 Å². The lowest BCUT2D eigenvalue weighted by Crippen LogP contribution is -2.53. The van der Waals surface area contributed by atoms with E-state index in [1.54, 1.807) is 44.2 Å². The Morgan fingerprint density at radius 1 is 0.949 bits per heavy atom. The molecule has 39 heavy (non-hydrogen) atoms. The van der Waals surface area contributed by atoms with Crippen molar-refractivity contribution in [1.29, 1.82) is 0 Å². The van der Waals surface area contributed by atoms with E-state index >= 15 is 0 Å². The zero-order chi connectivity index (χ0) is 28.7. The van der Waals surface area contributed by atoms with Gasteiger partial charge in [0.05, 0.1) is 11.9 Å². The van der Waals surface area contributed by atoms with Crippen molar-refractivity contribution in [2.75, 3.05) is 23.7 Å². The van der Waals surface area contributed by atoms with Gasteiger partial charge in [0.2, 0.25) is 21.8 Å². The molecule has 2 amide bonds. The quantitative estimate of drug-likeness (QED) is 0.311. The summed E-state index contributed by atoms with van der Waals surface area (Å²) in [5.41, 5.74) is 2.39. The zero-order valence-corrected chi connectivity index (χ0v) is 24.9. The van der Waals surface area contributed by atoms with Crippen LogP contribution in [0.25, 0.3) is 0 Å². The molecule has 0 saturated carbocycles. The van der Waals surface area contributed by atoms with E-state index < -0.39 is 28.5 Å². The van der Waals surface area contributed by atoms with Crippen molar-refractivity contribution >= 4 is 62.3 Å². The molecule has 3 aromatic rings. The molecule has 0 aliphatic carbocycles. The van der Waals surface area contributed by atoms with Crippen LogP contribution >= 0.6 is 34.8 Å². The maximum absolute atomic E-state index is 14.0. The first-order valence-electron chi connectivity index (χ1n) is 12.2. The molecule has 3 aromatic carbocycles. The molecule has 0 aromatic heterocycles. The highest BCUT2D eigenvalue weighted by atomic mass is 35.5. The number of sulfonamides is 1. The van der Waals surface area contributed by atoms with Crippen molar-refractivity contribution in [2.45, 2.75) is 32.9 Å². The fourth-order valence-corrected chi connectivity index (χ4v) is 5.51. The van der Waals surface area contributed by atoms with Crippen molar-refractivity contribution in [3.8, 4) is 0 Å². The summed E-state index contributed by atoms with van der Waals surface area (Å²) in [4.78, 5) is 28.7. The Hall–Kier alpha value is -2.78. The van der Waals surface area contributed by atoms with Crippen molar-refractivity contribution in [2.24, 2.45) is 0 Å². The standard InChI is InChI=1S/C28H30Cl3N3O4S/c1-4-32-28(36)26(14-20-8-6-5-7-9-20)33(17-21-11-12-22(29)15-25(21)31)27(35)18-34(39(3,37)38)23-13-10-19(2)24(30)16-23/h5-13,15-16,26H,4,14,17-18H2,1-3H3,(H,32,36)/t26-/m0/s1. The van der Waals surface area contributed by atoms with Gasteiger partial charge in [0.1, 0.15) is 12.6 Å². The van der Waals surface area contributed by atoms with Crippen molar-refractivity contribution in [3.05, 3.63) is 98.5 Å². The molecule has 0 radical (unpaired) electrons. The number of aryl methyl sites for hydroxylation is 1. The molecule has 208 valence electrons. The van der Waals surface area contributed by atoms with E-state index in [1.807, 2.05) is 30.3 Å². The second kappa shape index (κ2) is 13.5. The first-order chi connectivity index (χ1) is 18.4. The molecule has 0 aliphatic rings. The van der Waals surface area contributed by atoms with Crippen LogP contribution in [0, 0.1) is 6.92 Å². The number of likely N-dealkylation sites (N-methyl/N-ethyl adjacent to an activating group) is 1. The van der Waals surface area contributed by atoms with Gasteiger partial charge >= 0.3 is 0 Å². The Morgan fingerprint density at radius 3 is 2.23 bits per heavy atom. The van der Waals surface area contributed by atoms with E-state index in [-0.39, 0.29) is 24.6 Å². The minimum Gasteiger partial charge on any atom is -0.355 e. The van der Waals surface area contributed by atoms with Crippen LogP contribution < -0.4 is 9.62 Å². The summed E-state index contributed by atoms with van der Waals surface area (Å²) in [5, 5.41) is 3.91. The van der Waals surface area contributed by atoms with Crippen LogP contribution in [0.15, 0.2) is 66.7 Å². The molecular weight excluding hydrogens is 581 g/mol. The lowest BCUT2D eigenvalue weighted by Gasteiger charge is -2.33. The van der Waals surface area contributed by atoms with E-state index in [2.05, 4.69) is 5.32 Å². The van der Waals surface area contributed by atoms with Gasteiger partial charge in [-0.2, -0.15) is 0 Å². The Kier molecular flexibility index (Phi) is 10.7. The highest BCUT2D eigenvalue weighted by Crippen LogP contribution is 2.27. The average Bonchev–Trinajstić information content (AvgIpc) is 2.87. The van der Waals surface area contributed by atoms with E-state index in [1.165, 1.54) is 11.0 Å². The Balaban J connectivity index is 2.07. The maximum atomic E-state index is 14.0. The first kappa shape index (κ1) is 30.8. The third-order valence-corrected chi connectivity index (χ3v) is 8.24. The van der Waals surface area contributed by atoms with Crippen molar-refractivity contribution < 1.29 is 18.0 Å². The number of halogens is 3. The summed E-state index contributed by atoms with van der Waals surface area (Å²) < 4.78 is 26.6. The molecule has 1 atom stereocenters. The minimum absolute atomic E-state index is 0.0459. The normalized spacial score (nSPS) is 12.1. The SMILES string of the molecule is CCNC(=O)[C@H](Cc1ccccc1)N(Cc1ccc(Cl)cc1Cl)C(=O)CN(c1ccc(C)c(Cl)c1)S(C)(=O)=O. The van der Waals surface area contributed by atoms with Gasteiger partial charge in [-0.3, -0.25) is 13.9 Å². The van der Waals surface area contributed by atoms with E-state index in [0.717, 1.165) is 21.7 Å². The number of benzene rings is 3. The van der Waals surface area contributed by atoms with Crippen LogP contribution in [0.5, 0.6) is 0 Å². The molecule has 11 heteroatoms. The lowest BCUT2D eigenvalue weighted by molar-refractivity contribution is -0.140. The second-order valence-corrected chi connectivity index (χ2v) is 12.2. The second-order valence-electron chi connectivity index (χ2n) is 9.06. The highest BCUT2D eigenvalue weighted by Gasteiger charge is 2.33. The average molecular weight is 611 g/mol. The fourth-order valence-electron chi connectivity index (χ4n) is 4.03. The predicted octanol–water partition coefficient (Wildman–Crippen LogP) is 5.50. The number of nitrogens with one attached hydrogen (secondary N) is 1. The Labute approximate surface area is 244 Å². The van der Waals surface area contributed by atoms with Crippen LogP contribution in [0.4, 0.5) is 5.69 Å². The summed E-state index contributed by atoms with van der Waals surface area (Å²) in [6, 6.07) is 18.0. The van der Waals surface area contributed by atoms with Crippen LogP contribution in [0.3, 0.4) is 0 Å². The maximum Gasteiger partial charge on any atom is 0.244 e. The third kappa shape index (κ3) is 8.35. The molecule has 0 heterocycles. The lowest BCUT2D eigenvalue weighted by atomic mass is 10.0. The summed E-state index contributed by atoms with van der Waals surface area (Å²) in [5.74, 6) is -0.959.